The Labute approximate surface area is 144 Å². The van der Waals surface area contributed by atoms with Gasteiger partial charge in [-0.15, -0.1) is 0 Å². The molecular formula is C16H15ClFNO4S. The van der Waals surface area contributed by atoms with Crippen molar-refractivity contribution in [3.63, 3.8) is 0 Å². The second-order valence-corrected chi connectivity index (χ2v) is 7.66. The number of ether oxygens (including phenoxy) is 1. The van der Waals surface area contributed by atoms with Gasteiger partial charge in [-0.05, 0) is 24.3 Å². The minimum atomic E-state index is -3.72. The Morgan fingerprint density at radius 2 is 1.88 bits per heavy atom. The van der Waals surface area contributed by atoms with Crippen LogP contribution in [0.25, 0.3) is 0 Å². The number of rotatable bonds is 5. The van der Waals surface area contributed by atoms with E-state index in [1.165, 1.54) is 44.4 Å². The van der Waals surface area contributed by atoms with Crippen molar-refractivity contribution in [2.75, 3.05) is 14.1 Å². The van der Waals surface area contributed by atoms with E-state index in [9.17, 15) is 17.6 Å². The van der Waals surface area contributed by atoms with Crippen LogP contribution in [0, 0.1) is 5.82 Å². The Kier molecular flexibility index (Phi) is 5.58. The molecule has 0 spiro atoms. The van der Waals surface area contributed by atoms with Gasteiger partial charge in [0.1, 0.15) is 12.4 Å². The molecule has 8 heteroatoms. The van der Waals surface area contributed by atoms with Crippen molar-refractivity contribution in [3.05, 3.63) is 64.4 Å². The smallest absolute Gasteiger partial charge is 0.340 e. The number of hydrogen-bond donors (Lipinski definition) is 0. The molecule has 2 aromatic rings. The highest BCUT2D eigenvalue weighted by molar-refractivity contribution is 7.89. The minimum Gasteiger partial charge on any atom is -0.457 e. The average Bonchev–Trinajstić information content (AvgIpc) is 2.54. The van der Waals surface area contributed by atoms with Gasteiger partial charge in [-0.3, -0.25) is 0 Å². The largest absolute Gasteiger partial charge is 0.457 e. The highest BCUT2D eigenvalue weighted by atomic mass is 35.5. The molecule has 0 aromatic heterocycles. The summed E-state index contributed by atoms with van der Waals surface area (Å²) in [5, 5.41) is 0.0474. The molecule has 0 N–H and O–H groups in total. The maximum Gasteiger partial charge on any atom is 0.340 e. The molecule has 0 amide bonds. The number of carbonyl (C=O) groups excluding carboxylic acids is 1. The molecule has 2 aromatic carbocycles. The summed E-state index contributed by atoms with van der Waals surface area (Å²) in [4.78, 5) is 12.1. The van der Waals surface area contributed by atoms with Crippen molar-refractivity contribution in [3.8, 4) is 0 Å². The van der Waals surface area contributed by atoms with Crippen molar-refractivity contribution in [2.24, 2.45) is 0 Å². The lowest BCUT2D eigenvalue weighted by Crippen LogP contribution is -2.22. The SMILES string of the molecule is CN(C)S(=O)(=O)c1ccc(Cl)c(C(=O)OCc2ccccc2F)c1. The molecule has 0 saturated heterocycles. The zero-order valence-electron chi connectivity index (χ0n) is 13.0. The molecule has 128 valence electrons. The summed E-state index contributed by atoms with van der Waals surface area (Å²) in [5.41, 5.74) is 0.106. The van der Waals surface area contributed by atoms with E-state index >= 15 is 0 Å². The summed E-state index contributed by atoms with van der Waals surface area (Å²) in [7, 11) is -0.966. The van der Waals surface area contributed by atoms with Gasteiger partial charge < -0.3 is 4.74 Å². The normalized spacial score (nSPS) is 11.5. The number of halogens is 2. The summed E-state index contributed by atoms with van der Waals surface area (Å²) in [6.07, 6.45) is 0. The highest BCUT2D eigenvalue weighted by Gasteiger charge is 2.21. The summed E-state index contributed by atoms with van der Waals surface area (Å²) in [5.74, 6) is -1.33. The van der Waals surface area contributed by atoms with Crippen LogP contribution in [0.3, 0.4) is 0 Å². The van der Waals surface area contributed by atoms with E-state index in [-0.39, 0.29) is 27.7 Å². The molecule has 0 fully saturated rings. The van der Waals surface area contributed by atoms with E-state index in [1.54, 1.807) is 6.07 Å². The number of benzene rings is 2. The first-order valence-electron chi connectivity index (χ1n) is 6.86. The van der Waals surface area contributed by atoms with Crippen molar-refractivity contribution in [1.29, 1.82) is 0 Å². The third-order valence-corrected chi connectivity index (χ3v) is 5.39. The summed E-state index contributed by atoms with van der Waals surface area (Å²) < 4.78 is 43.8. The van der Waals surface area contributed by atoms with Crippen LogP contribution in [0.4, 0.5) is 4.39 Å². The van der Waals surface area contributed by atoms with Gasteiger partial charge in [0.05, 0.1) is 15.5 Å². The predicted octanol–water partition coefficient (Wildman–Crippen LogP) is 3.09. The van der Waals surface area contributed by atoms with Crippen LogP contribution in [0.5, 0.6) is 0 Å². The van der Waals surface area contributed by atoms with Gasteiger partial charge >= 0.3 is 5.97 Å². The molecule has 0 heterocycles. The first-order chi connectivity index (χ1) is 11.2. The summed E-state index contributed by atoms with van der Waals surface area (Å²) in [6.45, 7) is -0.285. The topological polar surface area (TPSA) is 63.7 Å². The Hall–Kier alpha value is -1.96. The number of esters is 1. The van der Waals surface area contributed by atoms with E-state index in [0.717, 1.165) is 10.4 Å². The quantitative estimate of drug-likeness (QED) is 0.758. The molecular weight excluding hydrogens is 357 g/mol. The Morgan fingerprint density at radius 3 is 2.50 bits per heavy atom. The predicted molar refractivity (Wildman–Crippen MR) is 87.8 cm³/mol. The number of hydrogen-bond acceptors (Lipinski definition) is 4. The Bertz CT molecular complexity index is 868. The van der Waals surface area contributed by atoms with Crippen molar-refractivity contribution < 1.29 is 22.3 Å². The third-order valence-electron chi connectivity index (χ3n) is 3.25. The van der Waals surface area contributed by atoms with Crippen LogP contribution in [-0.4, -0.2) is 32.8 Å². The lowest BCUT2D eigenvalue weighted by molar-refractivity contribution is 0.0469. The number of sulfonamides is 1. The lowest BCUT2D eigenvalue weighted by Gasteiger charge is -2.13. The van der Waals surface area contributed by atoms with Crippen LogP contribution >= 0.6 is 11.6 Å². The Morgan fingerprint density at radius 1 is 1.21 bits per heavy atom. The summed E-state index contributed by atoms with van der Waals surface area (Å²) in [6, 6.07) is 9.61. The molecule has 0 atom stereocenters. The third kappa shape index (κ3) is 3.92. The molecule has 0 radical (unpaired) electrons. The fraction of sp³-hybridized carbons (Fsp3) is 0.188. The fourth-order valence-electron chi connectivity index (χ4n) is 1.87. The molecule has 24 heavy (non-hydrogen) atoms. The molecule has 0 saturated carbocycles. The minimum absolute atomic E-state index is 0.0474. The molecule has 0 aliphatic carbocycles. The number of nitrogens with zero attached hydrogens (tertiary/aromatic N) is 1. The standard InChI is InChI=1S/C16H15ClFNO4S/c1-19(2)24(21,22)12-7-8-14(17)13(9-12)16(20)23-10-11-5-3-4-6-15(11)18/h3-9H,10H2,1-2H3. The first-order valence-corrected chi connectivity index (χ1v) is 8.68. The monoisotopic (exact) mass is 371 g/mol. The van der Waals surface area contributed by atoms with E-state index < -0.39 is 21.8 Å². The molecule has 0 aliphatic heterocycles. The van der Waals surface area contributed by atoms with Gasteiger partial charge in [-0.25, -0.2) is 21.9 Å². The molecule has 2 rings (SSSR count). The van der Waals surface area contributed by atoms with Gasteiger partial charge in [0, 0.05) is 19.7 Å². The van der Waals surface area contributed by atoms with Crippen LogP contribution in [-0.2, 0) is 21.4 Å². The second-order valence-electron chi connectivity index (χ2n) is 5.10. The second kappa shape index (κ2) is 7.29. The zero-order valence-corrected chi connectivity index (χ0v) is 14.6. The molecule has 0 unspecified atom stereocenters. The van der Waals surface area contributed by atoms with Crippen molar-refractivity contribution in [2.45, 2.75) is 11.5 Å². The van der Waals surface area contributed by atoms with Crippen LogP contribution in [0.1, 0.15) is 15.9 Å². The van der Waals surface area contributed by atoms with E-state index in [1.807, 2.05) is 0 Å². The van der Waals surface area contributed by atoms with E-state index in [4.69, 9.17) is 16.3 Å². The zero-order chi connectivity index (χ0) is 17.9. The van der Waals surface area contributed by atoms with Gasteiger partial charge in [0.2, 0.25) is 10.0 Å². The van der Waals surface area contributed by atoms with Gasteiger partial charge in [0.25, 0.3) is 0 Å². The van der Waals surface area contributed by atoms with E-state index in [0.29, 0.717) is 0 Å². The first kappa shape index (κ1) is 18.4. The molecule has 0 aliphatic rings. The lowest BCUT2D eigenvalue weighted by atomic mass is 10.2. The molecule has 5 nitrogen and oxygen atoms in total. The van der Waals surface area contributed by atoms with Gasteiger partial charge in [-0.2, -0.15) is 0 Å². The summed E-state index contributed by atoms with van der Waals surface area (Å²) >= 11 is 5.95. The molecule has 0 bridgehead atoms. The van der Waals surface area contributed by atoms with Crippen LogP contribution in [0.15, 0.2) is 47.4 Å². The van der Waals surface area contributed by atoms with Crippen molar-refractivity contribution in [1.82, 2.24) is 4.31 Å². The fourth-order valence-corrected chi connectivity index (χ4v) is 2.99. The van der Waals surface area contributed by atoms with E-state index in [2.05, 4.69) is 0 Å². The highest BCUT2D eigenvalue weighted by Crippen LogP contribution is 2.23. The van der Waals surface area contributed by atoms with Crippen LogP contribution < -0.4 is 0 Å². The van der Waals surface area contributed by atoms with Crippen LogP contribution in [0.2, 0.25) is 5.02 Å². The van der Waals surface area contributed by atoms with Crippen molar-refractivity contribution >= 4 is 27.6 Å². The maximum absolute atomic E-state index is 13.5. The average molecular weight is 372 g/mol. The van der Waals surface area contributed by atoms with Gasteiger partial charge in [-0.1, -0.05) is 29.8 Å². The Balaban J connectivity index is 2.25. The maximum atomic E-state index is 13.5. The van der Waals surface area contributed by atoms with Gasteiger partial charge in [0.15, 0.2) is 0 Å². The number of carbonyl (C=O) groups is 1.